The average molecular weight is 290 g/mol. The largest absolute Gasteiger partial charge is 0.418 e. The van der Waals surface area contributed by atoms with E-state index in [9.17, 15) is 4.79 Å². The van der Waals surface area contributed by atoms with Gasteiger partial charge in [0.1, 0.15) is 5.75 Å². The maximum absolute atomic E-state index is 11.8. The topological polar surface area (TPSA) is 51.2 Å². The van der Waals surface area contributed by atoms with Crippen LogP contribution in [-0.2, 0) is 5.41 Å². The molecule has 2 aromatic rings. The molecule has 0 aliphatic rings. The predicted octanol–water partition coefficient (Wildman–Crippen LogP) is 4.36. The summed E-state index contributed by atoms with van der Waals surface area (Å²) < 4.78 is 5.18. The smallest absolute Gasteiger partial charge is 0.410 e. The minimum atomic E-state index is -0.524. The molecule has 106 valence electrons. The minimum Gasteiger partial charge on any atom is -0.410 e. The summed E-state index contributed by atoms with van der Waals surface area (Å²) in [4.78, 5) is 16.1. The van der Waals surface area contributed by atoms with Crippen LogP contribution in [0.4, 0.5) is 9.93 Å². The zero-order valence-electron chi connectivity index (χ0n) is 12.1. The monoisotopic (exact) mass is 290 g/mol. The first kappa shape index (κ1) is 14.5. The lowest BCUT2D eigenvalue weighted by Gasteiger charge is -2.14. The highest BCUT2D eigenvalue weighted by Gasteiger charge is 2.18. The summed E-state index contributed by atoms with van der Waals surface area (Å²) in [5.74, 6) is 0.515. The van der Waals surface area contributed by atoms with Gasteiger partial charge in [-0.3, -0.25) is 5.32 Å². The van der Waals surface area contributed by atoms with Gasteiger partial charge in [0.15, 0.2) is 5.13 Å². The Labute approximate surface area is 122 Å². The average Bonchev–Trinajstić information content (AvgIpc) is 2.80. The van der Waals surface area contributed by atoms with Crippen LogP contribution >= 0.6 is 11.3 Å². The number of benzene rings is 1. The van der Waals surface area contributed by atoms with Crippen LogP contribution in [0, 0.1) is 6.92 Å². The fraction of sp³-hybridized carbons (Fsp3) is 0.333. The molecule has 20 heavy (non-hydrogen) atoms. The number of ether oxygens (including phenoxy) is 1. The second-order valence-electron chi connectivity index (χ2n) is 5.62. The van der Waals surface area contributed by atoms with Crippen molar-refractivity contribution in [3.8, 4) is 5.75 Å². The van der Waals surface area contributed by atoms with E-state index < -0.39 is 6.09 Å². The highest BCUT2D eigenvalue weighted by molar-refractivity contribution is 7.13. The quantitative estimate of drug-likeness (QED) is 0.894. The Morgan fingerprint density at radius 3 is 2.45 bits per heavy atom. The number of carbonyl (C=O) groups excluding carboxylic acids is 1. The van der Waals surface area contributed by atoms with Crippen molar-refractivity contribution in [3.63, 3.8) is 0 Å². The first-order valence-electron chi connectivity index (χ1n) is 6.36. The van der Waals surface area contributed by atoms with E-state index in [0.717, 1.165) is 11.3 Å². The van der Waals surface area contributed by atoms with E-state index in [0.29, 0.717) is 10.9 Å². The first-order valence-corrected chi connectivity index (χ1v) is 7.24. The van der Waals surface area contributed by atoms with Crippen molar-refractivity contribution in [1.82, 2.24) is 4.98 Å². The van der Waals surface area contributed by atoms with E-state index in [1.165, 1.54) is 11.3 Å². The van der Waals surface area contributed by atoms with Crippen LogP contribution in [0.5, 0.6) is 5.75 Å². The number of aromatic nitrogens is 1. The SMILES string of the molecule is Cc1ccc(OC(=O)Nc2nc(C(C)(C)C)cs2)cc1. The summed E-state index contributed by atoms with van der Waals surface area (Å²) in [6, 6.07) is 7.31. The molecule has 0 bridgehead atoms. The Morgan fingerprint density at radius 1 is 1.25 bits per heavy atom. The van der Waals surface area contributed by atoms with Crippen LogP contribution in [0.2, 0.25) is 0 Å². The summed E-state index contributed by atoms with van der Waals surface area (Å²) >= 11 is 1.39. The van der Waals surface area contributed by atoms with Crippen molar-refractivity contribution in [2.45, 2.75) is 33.1 Å². The Bertz CT molecular complexity index is 597. The molecule has 1 N–H and O–H groups in total. The van der Waals surface area contributed by atoms with Gasteiger partial charge in [-0.05, 0) is 19.1 Å². The molecule has 1 heterocycles. The molecule has 0 radical (unpaired) electrons. The zero-order chi connectivity index (χ0) is 14.8. The maximum atomic E-state index is 11.8. The van der Waals surface area contributed by atoms with Gasteiger partial charge in [0, 0.05) is 10.8 Å². The normalized spacial score (nSPS) is 11.2. The molecule has 1 aromatic carbocycles. The second kappa shape index (κ2) is 5.63. The van der Waals surface area contributed by atoms with E-state index in [2.05, 4.69) is 31.1 Å². The van der Waals surface area contributed by atoms with Gasteiger partial charge in [-0.2, -0.15) is 0 Å². The van der Waals surface area contributed by atoms with Crippen LogP contribution in [0.15, 0.2) is 29.6 Å². The Kier molecular flexibility index (Phi) is 4.09. The molecule has 0 saturated heterocycles. The van der Waals surface area contributed by atoms with Crippen molar-refractivity contribution in [2.75, 3.05) is 5.32 Å². The third-order valence-electron chi connectivity index (χ3n) is 2.71. The van der Waals surface area contributed by atoms with Crippen molar-refractivity contribution < 1.29 is 9.53 Å². The van der Waals surface area contributed by atoms with Crippen LogP contribution in [0.25, 0.3) is 0 Å². The predicted molar refractivity (Wildman–Crippen MR) is 81.6 cm³/mol. The van der Waals surface area contributed by atoms with Crippen LogP contribution in [0.1, 0.15) is 32.0 Å². The first-order chi connectivity index (χ1) is 9.34. The van der Waals surface area contributed by atoms with Crippen molar-refractivity contribution in [3.05, 3.63) is 40.9 Å². The summed E-state index contributed by atoms with van der Waals surface area (Å²) in [5, 5.41) is 5.14. The molecule has 0 aliphatic carbocycles. The van der Waals surface area contributed by atoms with Gasteiger partial charge < -0.3 is 4.74 Å². The number of carbonyl (C=O) groups is 1. The lowest BCUT2D eigenvalue weighted by molar-refractivity contribution is 0.215. The van der Waals surface area contributed by atoms with Crippen LogP contribution in [0.3, 0.4) is 0 Å². The number of nitrogens with one attached hydrogen (secondary N) is 1. The lowest BCUT2D eigenvalue weighted by Crippen LogP contribution is -2.17. The van der Waals surface area contributed by atoms with Gasteiger partial charge in [-0.25, -0.2) is 9.78 Å². The molecule has 1 aromatic heterocycles. The van der Waals surface area contributed by atoms with Gasteiger partial charge in [-0.1, -0.05) is 38.5 Å². The van der Waals surface area contributed by atoms with Gasteiger partial charge in [0.05, 0.1) is 5.69 Å². The molecule has 1 amide bonds. The Morgan fingerprint density at radius 2 is 1.90 bits per heavy atom. The Hall–Kier alpha value is -1.88. The second-order valence-corrected chi connectivity index (χ2v) is 6.47. The highest BCUT2D eigenvalue weighted by Crippen LogP contribution is 2.26. The molecule has 5 heteroatoms. The summed E-state index contributed by atoms with van der Waals surface area (Å²) in [7, 11) is 0. The molecule has 0 spiro atoms. The standard InChI is InChI=1S/C15H18N2O2S/c1-10-5-7-11(8-6-10)19-14(18)17-13-16-12(9-20-13)15(2,3)4/h5-9H,1-4H3,(H,16,17,18). The van der Waals surface area contributed by atoms with Crippen LogP contribution < -0.4 is 10.1 Å². The van der Waals surface area contributed by atoms with Crippen LogP contribution in [-0.4, -0.2) is 11.1 Å². The van der Waals surface area contributed by atoms with Gasteiger partial charge in [0.25, 0.3) is 0 Å². The fourth-order valence-corrected chi connectivity index (χ4v) is 2.42. The van der Waals surface area contributed by atoms with Gasteiger partial charge >= 0.3 is 6.09 Å². The molecular weight excluding hydrogens is 272 g/mol. The molecule has 0 saturated carbocycles. The van der Waals surface area contributed by atoms with Gasteiger partial charge in [0.2, 0.25) is 0 Å². The third kappa shape index (κ3) is 3.81. The molecule has 4 nitrogen and oxygen atoms in total. The molecule has 0 fully saturated rings. The van der Waals surface area contributed by atoms with E-state index in [1.807, 2.05) is 24.4 Å². The molecule has 2 rings (SSSR count). The minimum absolute atomic E-state index is 0.0305. The van der Waals surface area contributed by atoms with Crippen molar-refractivity contribution in [2.24, 2.45) is 0 Å². The molecular formula is C15H18N2O2S. The molecule has 0 aliphatic heterocycles. The number of nitrogens with zero attached hydrogens (tertiary/aromatic N) is 1. The zero-order valence-corrected chi connectivity index (χ0v) is 12.9. The maximum Gasteiger partial charge on any atom is 0.418 e. The number of rotatable bonds is 2. The lowest BCUT2D eigenvalue weighted by atomic mass is 9.93. The van der Waals surface area contributed by atoms with Crippen molar-refractivity contribution in [1.29, 1.82) is 0 Å². The number of hydrogen-bond donors (Lipinski definition) is 1. The number of amides is 1. The van der Waals surface area contributed by atoms with E-state index in [4.69, 9.17) is 4.74 Å². The Balaban J connectivity index is 1.98. The van der Waals surface area contributed by atoms with Gasteiger partial charge in [-0.15, -0.1) is 11.3 Å². The van der Waals surface area contributed by atoms with E-state index in [1.54, 1.807) is 12.1 Å². The van der Waals surface area contributed by atoms with Crippen molar-refractivity contribution >= 4 is 22.6 Å². The van der Waals surface area contributed by atoms with E-state index >= 15 is 0 Å². The van der Waals surface area contributed by atoms with E-state index in [-0.39, 0.29) is 5.41 Å². The fourth-order valence-electron chi connectivity index (χ4n) is 1.50. The number of hydrogen-bond acceptors (Lipinski definition) is 4. The third-order valence-corrected chi connectivity index (χ3v) is 3.47. The highest BCUT2D eigenvalue weighted by atomic mass is 32.1. The number of aryl methyl sites for hydroxylation is 1. The molecule has 0 unspecified atom stereocenters. The summed E-state index contributed by atoms with van der Waals surface area (Å²) in [6.45, 7) is 8.22. The molecule has 0 atom stereocenters. The summed E-state index contributed by atoms with van der Waals surface area (Å²) in [5.41, 5.74) is 2.04. The summed E-state index contributed by atoms with van der Waals surface area (Å²) in [6.07, 6.45) is -0.524. The number of thiazole rings is 1. The number of anilines is 1.